The molecule has 0 saturated carbocycles. The fourth-order valence-electron chi connectivity index (χ4n) is 1.93. The van der Waals surface area contributed by atoms with Gasteiger partial charge in [-0.05, 0) is 26.9 Å². The Labute approximate surface area is 104 Å². The first-order valence-corrected chi connectivity index (χ1v) is 6.33. The molecule has 1 N–H and O–H groups in total. The van der Waals surface area contributed by atoms with Crippen molar-refractivity contribution in [1.82, 2.24) is 15.1 Å². The summed E-state index contributed by atoms with van der Waals surface area (Å²) < 4.78 is 5.10. The lowest BCUT2D eigenvalue weighted by Crippen LogP contribution is -2.44. The monoisotopic (exact) mass is 243 g/mol. The van der Waals surface area contributed by atoms with E-state index in [4.69, 9.17) is 4.74 Å². The van der Waals surface area contributed by atoms with E-state index in [1.165, 1.54) is 0 Å². The lowest BCUT2D eigenvalue weighted by molar-refractivity contribution is -0.132. The van der Waals surface area contributed by atoms with Crippen molar-refractivity contribution in [2.45, 2.75) is 19.4 Å². The van der Waals surface area contributed by atoms with Gasteiger partial charge in [-0.25, -0.2) is 0 Å². The highest BCUT2D eigenvalue weighted by molar-refractivity contribution is 5.78. The van der Waals surface area contributed by atoms with Crippen LogP contribution in [-0.4, -0.2) is 75.2 Å². The number of ether oxygens (including phenoxy) is 1. The number of carbonyl (C=O) groups is 1. The standard InChI is InChI=1S/C12H25N3O2/c1-11(10-17-3)14(2)9-12(16)15-7-4-5-13-6-8-15/h11,13H,4-10H2,1-3H3. The Balaban J connectivity index is 2.36. The lowest BCUT2D eigenvalue weighted by atomic mass is 10.3. The van der Waals surface area contributed by atoms with Crippen LogP contribution in [0.2, 0.25) is 0 Å². The minimum Gasteiger partial charge on any atom is -0.383 e. The number of hydrogen-bond donors (Lipinski definition) is 1. The Morgan fingerprint density at radius 3 is 2.94 bits per heavy atom. The summed E-state index contributed by atoms with van der Waals surface area (Å²) in [4.78, 5) is 16.1. The molecular weight excluding hydrogens is 218 g/mol. The van der Waals surface area contributed by atoms with Crippen molar-refractivity contribution in [3.63, 3.8) is 0 Å². The molecule has 0 bridgehead atoms. The molecule has 5 heteroatoms. The molecule has 1 saturated heterocycles. The summed E-state index contributed by atoms with van der Waals surface area (Å²) in [5.74, 6) is 0.221. The highest BCUT2D eigenvalue weighted by Crippen LogP contribution is 2.01. The van der Waals surface area contributed by atoms with Crippen LogP contribution < -0.4 is 5.32 Å². The fraction of sp³-hybridized carbons (Fsp3) is 0.917. The fourth-order valence-corrected chi connectivity index (χ4v) is 1.93. The number of amides is 1. The zero-order chi connectivity index (χ0) is 12.7. The van der Waals surface area contributed by atoms with E-state index in [2.05, 4.69) is 12.2 Å². The van der Waals surface area contributed by atoms with Crippen LogP contribution in [0.5, 0.6) is 0 Å². The van der Waals surface area contributed by atoms with Gasteiger partial charge < -0.3 is 15.0 Å². The molecule has 0 radical (unpaired) electrons. The average Bonchev–Trinajstić information content (AvgIpc) is 2.57. The van der Waals surface area contributed by atoms with Gasteiger partial charge in [0.05, 0.1) is 13.2 Å². The summed E-state index contributed by atoms with van der Waals surface area (Å²) in [6.45, 7) is 6.82. The number of rotatable bonds is 5. The minimum absolute atomic E-state index is 0.221. The first-order chi connectivity index (χ1) is 8.15. The summed E-state index contributed by atoms with van der Waals surface area (Å²) in [5, 5.41) is 3.30. The van der Waals surface area contributed by atoms with Gasteiger partial charge in [-0.2, -0.15) is 0 Å². The molecule has 0 aromatic heterocycles. The van der Waals surface area contributed by atoms with E-state index in [0.717, 1.165) is 32.6 Å². The molecule has 0 spiro atoms. The van der Waals surface area contributed by atoms with Crippen molar-refractivity contribution in [1.29, 1.82) is 0 Å². The molecule has 17 heavy (non-hydrogen) atoms. The molecule has 1 heterocycles. The van der Waals surface area contributed by atoms with Gasteiger partial charge >= 0.3 is 0 Å². The van der Waals surface area contributed by atoms with Crippen molar-refractivity contribution >= 4 is 5.91 Å². The largest absolute Gasteiger partial charge is 0.383 e. The van der Waals surface area contributed by atoms with Crippen molar-refractivity contribution in [3.8, 4) is 0 Å². The van der Waals surface area contributed by atoms with E-state index in [9.17, 15) is 4.79 Å². The second-order valence-electron chi connectivity index (χ2n) is 4.70. The van der Waals surface area contributed by atoms with E-state index in [1.807, 2.05) is 16.8 Å². The number of methoxy groups -OCH3 is 1. The third-order valence-corrected chi connectivity index (χ3v) is 3.24. The van der Waals surface area contributed by atoms with Crippen LogP contribution in [0.3, 0.4) is 0 Å². The smallest absolute Gasteiger partial charge is 0.236 e. The summed E-state index contributed by atoms with van der Waals surface area (Å²) in [5.41, 5.74) is 0. The molecule has 1 unspecified atom stereocenters. The summed E-state index contributed by atoms with van der Waals surface area (Å²) >= 11 is 0. The van der Waals surface area contributed by atoms with E-state index in [-0.39, 0.29) is 11.9 Å². The molecule has 0 aromatic rings. The van der Waals surface area contributed by atoms with Gasteiger partial charge in [0.1, 0.15) is 0 Å². The van der Waals surface area contributed by atoms with Crippen LogP contribution in [0.4, 0.5) is 0 Å². The van der Waals surface area contributed by atoms with Crippen LogP contribution >= 0.6 is 0 Å². The highest BCUT2D eigenvalue weighted by atomic mass is 16.5. The molecule has 100 valence electrons. The molecule has 1 aliphatic rings. The quantitative estimate of drug-likeness (QED) is 0.725. The van der Waals surface area contributed by atoms with Gasteiger partial charge in [0.15, 0.2) is 0 Å². The van der Waals surface area contributed by atoms with Crippen LogP contribution in [-0.2, 0) is 9.53 Å². The van der Waals surface area contributed by atoms with Crippen molar-refractivity contribution < 1.29 is 9.53 Å². The van der Waals surface area contributed by atoms with Crippen molar-refractivity contribution in [2.24, 2.45) is 0 Å². The van der Waals surface area contributed by atoms with Crippen molar-refractivity contribution in [2.75, 3.05) is 53.5 Å². The molecule has 5 nitrogen and oxygen atoms in total. The second kappa shape index (κ2) is 7.63. The molecular formula is C12H25N3O2. The number of hydrogen-bond acceptors (Lipinski definition) is 4. The summed E-state index contributed by atoms with van der Waals surface area (Å²) in [6, 6.07) is 0.272. The Hall–Kier alpha value is -0.650. The van der Waals surface area contributed by atoms with Gasteiger partial charge in [-0.1, -0.05) is 0 Å². The van der Waals surface area contributed by atoms with Crippen LogP contribution in [0.1, 0.15) is 13.3 Å². The maximum atomic E-state index is 12.1. The Morgan fingerprint density at radius 1 is 1.47 bits per heavy atom. The SMILES string of the molecule is COCC(C)N(C)CC(=O)N1CCCNCC1. The molecule has 1 aliphatic heterocycles. The Bertz CT molecular complexity index is 228. The highest BCUT2D eigenvalue weighted by Gasteiger charge is 2.19. The van der Waals surface area contributed by atoms with E-state index in [0.29, 0.717) is 13.2 Å². The molecule has 1 amide bonds. The number of nitrogens with zero attached hydrogens (tertiary/aromatic N) is 2. The van der Waals surface area contributed by atoms with Crippen LogP contribution in [0, 0.1) is 0 Å². The Morgan fingerprint density at radius 2 is 2.24 bits per heavy atom. The van der Waals surface area contributed by atoms with E-state index < -0.39 is 0 Å². The number of likely N-dealkylation sites (N-methyl/N-ethyl adjacent to an activating group) is 1. The van der Waals surface area contributed by atoms with Gasteiger partial charge in [0, 0.05) is 32.8 Å². The molecule has 1 fully saturated rings. The third-order valence-electron chi connectivity index (χ3n) is 3.24. The molecule has 1 rings (SSSR count). The first-order valence-electron chi connectivity index (χ1n) is 6.33. The molecule has 1 atom stereocenters. The van der Waals surface area contributed by atoms with Gasteiger partial charge in [0.25, 0.3) is 0 Å². The summed E-state index contributed by atoms with van der Waals surface area (Å²) in [7, 11) is 3.66. The Kier molecular flexibility index (Phi) is 6.47. The van der Waals surface area contributed by atoms with E-state index >= 15 is 0 Å². The molecule has 0 aliphatic carbocycles. The van der Waals surface area contributed by atoms with E-state index in [1.54, 1.807) is 7.11 Å². The predicted octanol–water partition coefficient (Wildman–Crippen LogP) is -0.225. The first kappa shape index (κ1) is 14.4. The maximum Gasteiger partial charge on any atom is 0.236 e. The van der Waals surface area contributed by atoms with Crippen LogP contribution in [0.25, 0.3) is 0 Å². The number of nitrogens with one attached hydrogen (secondary N) is 1. The topological polar surface area (TPSA) is 44.8 Å². The predicted molar refractivity (Wildman–Crippen MR) is 68.0 cm³/mol. The van der Waals surface area contributed by atoms with Crippen LogP contribution in [0.15, 0.2) is 0 Å². The lowest BCUT2D eigenvalue weighted by Gasteiger charge is -2.27. The summed E-state index contributed by atoms with van der Waals surface area (Å²) in [6.07, 6.45) is 1.04. The zero-order valence-electron chi connectivity index (χ0n) is 11.2. The maximum absolute atomic E-state index is 12.1. The third kappa shape index (κ3) is 5.02. The zero-order valence-corrected chi connectivity index (χ0v) is 11.2. The van der Waals surface area contributed by atoms with Gasteiger partial charge in [0.2, 0.25) is 5.91 Å². The normalized spacial score (nSPS) is 19.2. The second-order valence-corrected chi connectivity index (χ2v) is 4.70. The molecule has 0 aromatic carbocycles. The minimum atomic E-state index is 0.221. The van der Waals surface area contributed by atoms with Gasteiger partial charge in [-0.3, -0.25) is 9.69 Å². The average molecular weight is 243 g/mol. The van der Waals surface area contributed by atoms with Gasteiger partial charge in [-0.15, -0.1) is 0 Å². The number of carbonyl (C=O) groups excluding carboxylic acids is 1. The van der Waals surface area contributed by atoms with Crippen molar-refractivity contribution in [3.05, 3.63) is 0 Å².